The van der Waals surface area contributed by atoms with E-state index >= 15 is 0 Å². The van der Waals surface area contributed by atoms with Crippen molar-refractivity contribution in [1.29, 1.82) is 0 Å². The van der Waals surface area contributed by atoms with Crippen LogP contribution in [0.15, 0.2) is 52.7 Å². The maximum absolute atomic E-state index is 12.9. The molecule has 1 saturated heterocycles. The number of carbonyl (C=O) groups excluding carboxylic acids is 1. The number of rotatable bonds is 3. The van der Waals surface area contributed by atoms with Crippen LogP contribution in [0, 0.1) is 6.92 Å². The lowest BCUT2D eigenvalue weighted by Gasteiger charge is -2.35. The SMILES string of the molecule is Cc1nc2ccc(C3=CC(=O)N4C=C(N5CC[C@@H](N(C)C)C5)C=CC4P3)cc2o1. The molecule has 1 aromatic carbocycles. The first-order valence-corrected chi connectivity index (χ1v) is 11.1. The minimum Gasteiger partial charge on any atom is -0.441 e. The summed E-state index contributed by atoms with van der Waals surface area (Å²) in [6.45, 7) is 3.89. The van der Waals surface area contributed by atoms with Crippen molar-refractivity contribution in [2.45, 2.75) is 25.2 Å². The molecule has 0 radical (unpaired) electrons. The van der Waals surface area contributed by atoms with Gasteiger partial charge in [-0.2, -0.15) is 0 Å². The van der Waals surface area contributed by atoms with Crippen LogP contribution in [0.2, 0.25) is 0 Å². The van der Waals surface area contributed by atoms with E-state index in [-0.39, 0.29) is 11.7 Å². The number of nitrogens with zero attached hydrogens (tertiary/aromatic N) is 4. The zero-order chi connectivity index (χ0) is 20.1. The number of allylic oxidation sites excluding steroid dienone is 1. The maximum atomic E-state index is 12.9. The van der Waals surface area contributed by atoms with Crippen LogP contribution >= 0.6 is 8.58 Å². The number of hydrogen-bond acceptors (Lipinski definition) is 5. The van der Waals surface area contributed by atoms with Gasteiger partial charge in [0.1, 0.15) is 5.52 Å². The van der Waals surface area contributed by atoms with E-state index in [1.165, 1.54) is 0 Å². The van der Waals surface area contributed by atoms with Crippen molar-refractivity contribution in [3.8, 4) is 0 Å². The van der Waals surface area contributed by atoms with E-state index in [2.05, 4.69) is 41.0 Å². The first-order valence-electron chi connectivity index (χ1n) is 9.97. The van der Waals surface area contributed by atoms with Crippen molar-refractivity contribution >= 4 is 30.9 Å². The summed E-state index contributed by atoms with van der Waals surface area (Å²) >= 11 is 0. The second-order valence-corrected chi connectivity index (χ2v) is 9.49. The summed E-state index contributed by atoms with van der Waals surface area (Å²) in [5.41, 5.74) is 3.80. The number of benzene rings is 1. The van der Waals surface area contributed by atoms with E-state index in [4.69, 9.17) is 4.42 Å². The van der Waals surface area contributed by atoms with Crippen LogP contribution < -0.4 is 0 Å². The summed E-state index contributed by atoms with van der Waals surface area (Å²) in [5.74, 6) is 0.791. The molecule has 0 aliphatic carbocycles. The van der Waals surface area contributed by atoms with Crippen molar-refractivity contribution in [1.82, 2.24) is 19.7 Å². The standard InChI is InChI=1S/C22H25N4O2P/c1-14-23-18-6-4-15(10-19(18)28-14)20-11-21(27)26-13-17(5-7-22(26)29-20)25-9-8-16(12-25)24(2)3/h4-7,10-11,13,16,22,29H,8-9,12H2,1-3H3/t16-,22?/m1/s1. The molecule has 1 amide bonds. The second-order valence-electron chi connectivity index (χ2n) is 8.07. The Morgan fingerprint density at radius 1 is 1.31 bits per heavy atom. The van der Waals surface area contributed by atoms with Crippen molar-refractivity contribution in [2.24, 2.45) is 0 Å². The minimum atomic E-state index is 0.0443. The van der Waals surface area contributed by atoms with Gasteiger partial charge in [-0.25, -0.2) is 4.98 Å². The van der Waals surface area contributed by atoms with Gasteiger partial charge in [-0.05, 0) is 49.6 Å². The summed E-state index contributed by atoms with van der Waals surface area (Å²) in [5, 5.41) is 1.07. The molecular weight excluding hydrogens is 383 g/mol. The van der Waals surface area contributed by atoms with E-state index in [0.717, 1.165) is 47.2 Å². The van der Waals surface area contributed by atoms with Gasteiger partial charge < -0.3 is 19.1 Å². The van der Waals surface area contributed by atoms with Crippen LogP contribution in [-0.4, -0.2) is 64.6 Å². The number of oxazole rings is 1. The fourth-order valence-electron chi connectivity index (χ4n) is 4.22. The minimum absolute atomic E-state index is 0.0443. The van der Waals surface area contributed by atoms with Gasteiger partial charge in [0, 0.05) is 38.3 Å². The first kappa shape index (κ1) is 18.6. The van der Waals surface area contributed by atoms with Gasteiger partial charge in [-0.1, -0.05) is 20.7 Å². The van der Waals surface area contributed by atoms with E-state index < -0.39 is 0 Å². The Morgan fingerprint density at radius 3 is 2.97 bits per heavy atom. The lowest BCUT2D eigenvalue weighted by Crippen LogP contribution is -2.38. The number of hydrogen-bond donors (Lipinski definition) is 0. The van der Waals surface area contributed by atoms with Crippen molar-refractivity contribution < 1.29 is 9.21 Å². The molecule has 7 heteroatoms. The van der Waals surface area contributed by atoms with E-state index in [1.54, 1.807) is 6.08 Å². The molecule has 5 rings (SSSR count). The average Bonchev–Trinajstić information content (AvgIpc) is 3.33. The average molecular weight is 408 g/mol. The Morgan fingerprint density at radius 2 is 2.17 bits per heavy atom. The van der Waals surface area contributed by atoms with Gasteiger partial charge in [-0.3, -0.25) is 4.79 Å². The Balaban J connectivity index is 1.38. The fourth-order valence-corrected chi connectivity index (χ4v) is 5.61. The number of likely N-dealkylation sites (tertiary alicyclic amines) is 1. The molecule has 0 saturated carbocycles. The summed E-state index contributed by atoms with van der Waals surface area (Å²) in [6.07, 6.45) is 9.34. The fraction of sp³-hybridized carbons (Fsp3) is 0.364. The molecule has 1 fully saturated rings. The largest absolute Gasteiger partial charge is 0.441 e. The molecule has 2 unspecified atom stereocenters. The molecule has 0 N–H and O–H groups in total. The lowest BCUT2D eigenvalue weighted by molar-refractivity contribution is -0.123. The van der Waals surface area contributed by atoms with Crippen molar-refractivity contribution in [3.63, 3.8) is 0 Å². The first-order chi connectivity index (χ1) is 14.0. The van der Waals surface area contributed by atoms with Crippen molar-refractivity contribution in [3.05, 3.63) is 59.8 Å². The molecule has 0 bridgehead atoms. The number of amides is 1. The molecule has 0 spiro atoms. The van der Waals surface area contributed by atoms with Gasteiger partial charge in [0.25, 0.3) is 5.91 Å². The summed E-state index contributed by atoms with van der Waals surface area (Å²) in [7, 11) is 4.77. The van der Waals surface area contributed by atoms with E-state index in [9.17, 15) is 4.79 Å². The Bertz CT molecular complexity index is 1070. The second kappa shape index (κ2) is 7.12. The third kappa shape index (κ3) is 3.41. The number of fused-ring (bicyclic) bond motifs is 2. The number of aryl methyl sites for hydroxylation is 1. The van der Waals surface area contributed by atoms with Gasteiger partial charge in [0.15, 0.2) is 11.5 Å². The van der Waals surface area contributed by atoms with Crippen molar-refractivity contribution in [2.75, 3.05) is 27.2 Å². The van der Waals surface area contributed by atoms with Gasteiger partial charge in [0.2, 0.25) is 0 Å². The molecule has 2 aromatic rings. The predicted octanol–water partition coefficient (Wildman–Crippen LogP) is 3.37. The summed E-state index contributed by atoms with van der Waals surface area (Å²) in [4.78, 5) is 23.8. The number of likely N-dealkylation sites (N-methyl/N-ethyl adjacent to an activating group) is 1. The van der Waals surface area contributed by atoms with Crippen LogP contribution in [0.3, 0.4) is 0 Å². The molecule has 3 aliphatic heterocycles. The quantitative estimate of drug-likeness (QED) is 0.729. The highest BCUT2D eigenvalue weighted by Gasteiger charge is 2.31. The highest BCUT2D eigenvalue weighted by atomic mass is 31.1. The van der Waals surface area contributed by atoms with Gasteiger partial charge >= 0.3 is 0 Å². The molecule has 1 aromatic heterocycles. The van der Waals surface area contributed by atoms with Crippen LogP contribution in [0.4, 0.5) is 0 Å². The van der Waals surface area contributed by atoms with Gasteiger partial charge in [-0.15, -0.1) is 0 Å². The Hall–Kier alpha value is -2.43. The lowest BCUT2D eigenvalue weighted by atomic mass is 10.1. The smallest absolute Gasteiger partial charge is 0.252 e. The molecule has 4 heterocycles. The Labute approximate surface area is 172 Å². The summed E-state index contributed by atoms with van der Waals surface area (Å²) in [6, 6.07) is 6.57. The summed E-state index contributed by atoms with van der Waals surface area (Å²) < 4.78 is 5.67. The monoisotopic (exact) mass is 408 g/mol. The predicted molar refractivity (Wildman–Crippen MR) is 117 cm³/mol. The van der Waals surface area contributed by atoms with E-state index in [0.29, 0.717) is 20.5 Å². The molecule has 3 aliphatic rings. The maximum Gasteiger partial charge on any atom is 0.252 e. The zero-order valence-corrected chi connectivity index (χ0v) is 17.9. The molecular formula is C22H25N4O2P. The van der Waals surface area contributed by atoms with E-state index in [1.807, 2.05) is 36.2 Å². The molecule has 3 atom stereocenters. The third-order valence-electron chi connectivity index (χ3n) is 5.91. The number of carbonyl (C=O) groups is 1. The van der Waals surface area contributed by atoms with Gasteiger partial charge in [0.05, 0.1) is 11.5 Å². The van der Waals surface area contributed by atoms with Crippen LogP contribution in [-0.2, 0) is 4.79 Å². The van der Waals surface area contributed by atoms with Crippen LogP contribution in [0.5, 0.6) is 0 Å². The van der Waals surface area contributed by atoms with Crippen LogP contribution in [0.1, 0.15) is 17.9 Å². The zero-order valence-electron chi connectivity index (χ0n) is 16.9. The Kier molecular flexibility index (Phi) is 4.56. The molecule has 150 valence electrons. The molecule has 29 heavy (non-hydrogen) atoms. The third-order valence-corrected chi connectivity index (χ3v) is 7.42. The highest BCUT2D eigenvalue weighted by Crippen LogP contribution is 2.45. The topological polar surface area (TPSA) is 52.8 Å². The number of aromatic nitrogens is 1. The normalized spacial score (nSPS) is 25.2. The van der Waals surface area contributed by atoms with Crippen LogP contribution in [0.25, 0.3) is 16.4 Å². The highest BCUT2D eigenvalue weighted by molar-refractivity contribution is 7.51. The molecule has 6 nitrogen and oxygen atoms in total.